The molecule has 0 amide bonds. The maximum atomic E-state index is 14.0. The summed E-state index contributed by atoms with van der Waals surface area (Å²) in [5.41, 5.74) is 3.17. The number of benzene rings is 1. The molecule has 2 aromatic rings. The Hall–Kier alpha value is -2.52. The number of nitrogens with zero attached hydrogens (tertiary/aromatic N) is 2. The Morgan fingerprint density at radius 1 is 1.44 bits per heavy atom. The van der Waals surface area contributed by atoms with Crippen LogP contribution in [0.2, 0.25) is 0 Å². The quantitative estimate of drug-likeness (QED) is 0.753. The highest BCUT2D eigenvalue weighted by atomic mass is 19.1. The van der Waals surface area contributed by atoms with Crippen LogP contribution in [0, 0.1) is 5.82 Å². The van der Waals surface area contributed by atoms with Crippen LogP contribution in [-0.2, 0) is 6.54 Å². The Kier molecular flexibility index (Phi) is 4.69. The average Bonchev–Trinajstić information content (AvgIpc) is 2.59. The van der Waals surface area contributed by atoms with Gasteiger partial charge in [0.15, 0.2) is 5.69 Å². The number of nitrogen functional groups attached to an aromatic ring is 1. The van der Waals surface area contributed by atoms with Gasteiger partial charge in [-0.05, 0) is 37.2 Å². The highest BCUT2D eigenvalue weighted by Gasteiger charge is 2.40. The molecule has 2 heterocycles. The third-order valence-corrected chi connectivity index (χ3v) is 4.15. The van der Waals surface area contributed by atoms with Gasteiger partial charge in [-0.1, -0.05) is 0 Å². The van der Waals surface area contributed by atoms with Gasteiger partial charge in [0.2, 0.25) is 5.88 Å². The third-order valence-electron chi connectivity index (χ3n) is 4.15. The van der Waals surface area contributed by atoms with Gasteiger partial charge < -0.3 is 20.9 Å². The first-order valence-corrected chi connectivity index (χ1v) is 7.74. The zero-order chi connectivity index (χ0) is 18.0. The molecule has 25 heavy (non-hydrogen) atoms. The zero-order valence-electron chi connectivity index (χ0n) is 13.3. The molecule has 1 aromatic heterocycles. The number of alkyl halides is 1. The maximum Gasteiger partial charge on any atom is 0.280 e. The maximum absolute atomic E-state index is 14.0. The molecule has 3 rings (SSSR count). The molecule has 1 aromatic carbocycles. The predicted molar refractivity (Wildman–Crippen MR) is 86.7 cm³/mol. The molecule has 7 nitrogen and oxygen atoms in total. The molecule has 0 saturated carbocycles. The van der Waals surface area contributed by atoms with Crippen LogP contribution < -0.4 is 21.3 Å². The fourth-order valence-electron chi connectivity index (χ4n) is 2.65. The number of aliphatic hydroxyl groups is 1. The van der Waals surface area contributed by atoms with Crippen LogP contribution in [0.4, 0.5) is 14.5 Å². The number of nitrogens with two attached hydrogens (primary N) is 1. The van der Waals surface area contributed by atoms with Gasteiger partial charge in [0.05, 0.1) is 6.54 Å². The highest BCUT2D eigenvalue weighted by Crippen LogP contribution is 2.25. The Labute approximate surface area is 142 Å². The van der Waals surface area contributed by atoms with Crippen LogP contribution in [0.15, 0.2) is 35.4 Å². The number of anilines is 1. The van der Waals surface area contributed by atoms with Crippen molar-refractivity contribution in [1.82, 2.24) is 14.9 Å². The van der Waals surface area contributed by atoms with Crippen LogP contribution in [0.5, 0.6) is 11.6 Å². The summed E-state index contributed by atoms with van der Waals surface area (Å²) in [6, 6.07) is 5.13. The molecule has 0 bridgehead atoms. The smallest absolute Gasteiger partial charge is 0.280 e. The fraction of sp³-hybridized carbons (Fsp3) is 0.375. The minimum absolute atomic E-state index is 0.0138. The molecular formula is C16H18F2N4O3. The lowest BCUT2D eigenvalue weighted by molar-refractivity contribution is -0.0679. The van der Waals surface area contributed by atoms with Crippen molar-refractivity contribution in [3.63, 3.8) is 0 Å². The first-order chi connectivity index (χ1) is 11.9. The third kappa shape index (κ3) is 3.62. The van der Waals surface area contributed by atoms with Crippen LogP contribution in [0.1, 0.15) is 6.42 Å². The van der Waals surface area contributed by atoms with E-state index in [9.17, 15) is 18.7 Å². The standard InChI is InChI=1S/C16H18F2N4O3/c17-10-1-3-11(4-2-10)25-14-13(19)15(23)22(9-21-14)8-16(24)5-6-20-7-12(16)18/h1-4,9,12,20,24H,5-8,19H2/t12-,16-/m1/s1. The number of halogens is 2. The molecule has 4 N–H and O–H groups in total. The average molecular weight is 352 g/mol. The first-order valence-electron chi connectivity index (χ1n) is 7.74. The van der Waals surface area contributed by atoms with Crippen molar-refractivity contribution in [2.75, 3.05) is 18.8 Å². The lowest BCUT2D eigenvalue weighted by Crippen LogP contribution is -2.55. The van der Waals surface area contributed by atoms with Crippen LogP contribution in [0.25, 0.3) is 0 Å². The van der Waals surface area contributed by atoms with Crippen LogP contribution >= 0.6 is 0 Å². The second-order valence-corrected chi connectivity index (χ2v) is 5.98. The second kappa shape index (κ2) is 6.77. The van der Waals surface area contributed by atoms with Crippen molar-refractivity contribution in [3.8, 4) is 11.6 Å². The van der Waals surface area contributed by atoms with Crippen LogP contribution in [-0.4, -0.2) is 39.5 Å². The van der Waals surface area contributed by atoms with Crippen molar-refractivity contribution in [3.05, 3.63) is 46.8 Å². The summed E-state index contributed by atoms with van der Waals surface area (Å²) in [7, 11) is 0. The SMILES string of the molecule is Nc1c(Oc2ccc(F)cc2)ncn(C[C@]2(O)CCNC[C@H]2F)c1=O. The van der Waals surface area contributed by atoms with Crippen molar-refractivity contribution in [1.29, 1.82) is 0 Å². The van der Waals surface area contributed by atoms with Crippen molar-refractivity contribution >= 4 is 5.69 Å². The van der Waals surface area contributed by atoms with E-state index in [-0.39, 0.29) is 36.8 Å². The van der Waals surface area contributed by atoms with Gasteiger partial charge in [0.1, 0.15) is 29.7 Å². The van der Waals surface area contributed by atoms with Crippen molar-refractivity contribution < 1.29 is 18.6 Å². The minimum atomic E-state index is -1.66. The zero-order valence-corrected chi connectivity index (χ0v) is 13.3. The predicted octanol–water partition coefficient (Wildman–Crippen LogP) is 0.819. The number of rotatable bonds is 4. The molecule has 1 fully saturated rings. The molecule has 0 unspecified atom stereocenters. The Morgan fingerprint density at radius 3 is 2.84 bits per heavy atom. The largest absolute Gasteiger partial charge is 0.437 e. The molecule has 0 aliphatic carbocycles. The van der Waals surface area contributed by atoms with E-state index < -0.39 is 23.1 Å². The summed E-state index contributed by atoms with van der Waals surface area (Å²) in [6.07, 6.45) is -0.206. The summed E-state index contributed by atoms with van der Waals surface area (Å²) < 4.78 is 33.4. The molecule has 0 spiro atoms. The number of hydrogen-bond acceptors (Lipinski definition) is 6. The summed E-state index contributed by atoms with van der Waals surface area (Å²) >= 11 is 0. The molecular weight excluding hydrogens is 334 g/mol. The monoisotopic (exact) mass is 352 g/mol. The minimum Gasteiger partial charge on any atom is -0.437 e. The summed E-state index contributed by atoms with van der Waals surface area (Å²) in [6.45, 7) is 0.197. The number of hydrogen-bond donors (Lipinski definition) is 3. The number of aromatic nitrogens is 2. The van der Waals surface area contributed by atoms with E-state index in [1.807, 2.05) is 0 Å². The molecule has 2 atom stereocenters. The molecule has 9 heteroatoms. The van der Waals surface area contributed by atoms with Gasteiger partial charge >= 0.3 is 0 Å². The van der Waals surface area contributed by atoms with E-state index >= 15 is 0 Å². The first kappa shape index (κ1) is 17.3. The van der Waals surface area contributed by atoms with Gasteiger partial charge in [-0.2, -0.15) is 0 Å². The van der Waals surface area contributed by atoms with Gasteiger partial charge in [-0.25, -0.2) is 13.8 Å². The lowest BCUT2D eigenvalue weighted by Gasteiger charge is -2.36. The van der Waals surface area contributed by atoms with E-state index in [1.165, 1.54) is 24.3 Å². The molecule has 134 valence electrons. The summed E-state index contributed by atoms with van der Waals surface area (Å²) in [4.78, 5) is 16.3. The number of piperidine rings is 1. The summed E-state index contributed by atoms with van der Waals surface area (Å²) in [5, 5.41) is 13.3. The van der Waals surface area contributed by atoms with E-state index in [1.54, 1.807) is 0 Å². The van der Waals surface area contributed by atoms with Gasteiger partial charge in [-0.15, -0.1) is 0 Å². The molecule has 1 aliphatic rings. The highest BCUT2D eigenvalue weighted by molar-refractivity contribution is 5.47. The fourth-order valence-corrected chi connectivity index (χ4v) is 2.65. The Balaban J connectivity index is 1.83. The summed E-state index contributed by atoms with van der Waals surface area (Å²) in [5.74, 6) is -0.305. The van der Waals surface area contributed by atoms with E-state index in [2.05, 4.69) is 10.3 Å². The van der Waals surface area contributed by atoms with E-state index in [0.29, 0.717) is 6.54 Å². The Bertz CT molecular complexity index is 812. The van der Waals surface area contributed by atoms with Gasteiger partial charge in [0.25, 0.3) is 5.56 Å². The molecule has 1 saturated heterocycles. The lowest BCUT2D eigenvalue weighted by atomic mass is 9.90. The van der Waals surface area contributed by atoms with Gasteiger partial charge in [-0.3, -0.25) is 9.36 Å². The molecule has 1 aliphatic heterocycles. The molecule has 0 radical (unpaired) electrons. The van der Waals surface area contributed by atoms with Crippen molar-refractivity contribution in [2.45, 2.75) is 24.7 Å². The van der Waals surface area contributed by atoms with E-state index in [0.717, 1.165) is 10.9 Å². The topological polar surface area (TPSA) is 102 Å². The number of ether oxygens (including phenoxy) is 1. The van der Waals surface area contributed by atoms with Gasteiger partial charge in [0, 0.05) is 6.54 Å². The van der Waals surface area contributed by atoms with Crippen molar-refractivity contribution in [2.24, 2.45) is 0 Å². The van der Waals surface area contributed by atoms with E-state index in [4.69, 9.17) is 10.5 Å². The second-order valence-electron chi connectivity index (χ2n) is 5.98. The number of nitrogens with one attached hydrogen (secondary N) is 1. The Morgan fingerprint density at radius 2 is 2.16 bits per heavy atom. The van der Waals surface area contributed by atoms with Crippen LogP contribution in [0.3, 0.4) is 0 Å². The normalized spacial score (nSPS) is 23.4.